The molecule has 0 unspecified atom stereocenters. The smallest absolute Gasteiger partial charge is 0.230 e. The maximum absolute atomic E-state index is 13.1. The van der Waals surface area contributed by atoms with Crippen LogP contribution >= 0.6 is 0 Å². The van der Waals surface area contributed by atoms with E-state index in [1.807, 2.05) is 4.90 Å². The summed E-state index contributed by atoms with van der Waals surface area (Å²) in [6, 6.07) is 0. The van der Waals surface area contributed by atoms with Crippen LogP contribution in [0.2, 0.25) is 0 Å². The van der Waals surface area contributed by atoms with Crippen LogP contribution in [-0.4, -0.2) is 68.6 Å². The predicted octanol–water partition coefficient (Wildman–Crippen LogP) is 0.260. The molecule has 1 N–H and O–H groups in total. The zero-order valence-corrected chi connectivity index (χ0v) is 14.2. The van der Waals surface area contributed by atoms with E-state index in [0.29, 0.717) is 32.1 Å². The Labute approximate surface area is 133 Å². The zero-order chi connectivity index (χ0) is 15.8. The largest absolute Gasteiger partial charge is 0.340 e. The van der Waals surface area contributed by atoms with Gasteiger partial charge in [0.15, 0.2) is 0 Å². The second-order valence-corrected chi connectivity index (χ2v) is 9.08. The fourth-order valence-electron chi connectivity index (χ4n) is 4.34. The average Bonchev–Trinajstić information content (AvgIpc) is 2.99. The number of sulfonamides is 1. The summed E-state index contributed by atoms with van der Waals surface area (Å²) < 4.78 is 25.4. The van der Waals surface area contributed by atoms with Gasteiger partial charge in [-0.25, -0.2) is 8.42 Å². The molecule has 1 saturated carbocycles. The van der Waals surface area contributed by atoms with Gasteiger partial charge in [0.25, 0.3) is 0 Å². The number of fused-ring (bicyclic) bond motifs is 1. The van der Waals surface area contributed by atoms with Gasteiger partial charge in [0.2, 0.25) is 15.9 Å². The normalized spacial score (nSPS) is 33.7. The van der Waals surface area contributed by atoms with Crippen LogP contribution in [0, 0.1) is 11.3 Å². The monoisotopic (exact) mass is 329 g/mol. The van der Waals surface area contributed by atoms with E-state index in [-0.39, 0.29) is 17.1 Å². The number of hydrogen-bond donors (Lipinski definition) is 1. The topological polar surface area (TPSA) is 69.7 Å². The Bertz CT molecular complexity index is 528. The van der Waals surface area contributed by atoms with Gasteiger partial charge in [0.05, 0.1) is 11.2 Å². The number of carbonyl (C=O) groups excluding carboxylic acids is 1. The molecule has 22 heavy (non-hydrogen) atoms. The molecule has 2 saturated heterocycles. The van der Waals surface area contributed by atoms with E-state index < -0.39 is 10.0 Å². The minimum Gasteiger partial charge on any atom is -0.340 e. The van der Waals surface area contributed by atoms with E-state index in [2.05, 4.69) is 5.32 Å². The van der Waals surface area contributed by atoms with Crippen LogP contribution in [0.5, 0.6) is 0 Å². The van der Waals surface area contributed by atoms with Crippen LogP contribution in [0.15, 0.2) is 0 Å². The van der Waals surface area contributed by atoms with Crippen molar-refractivity contribution in [3.63, 3.8) is 0 Å². The highest BCUT2D eigenvalue weighted by Gasteiger charge is 2.51. The van der Waals surface area contributed by atoms with Crippen LogP contribution in [0.3, 0.4) is 0 Å². The number of hydrogen-bond acceptors (Lipinski definition) is 4. The summed E-state index contributed by atoms with van der Waals surface area (Å²) in [7, 11) is -3.13. The van der Waals surface area contributed by atoms with Crippen LogP contribution < -0.4 is 5.32 Å². The van der Waals surface area contributed by atoms with E-state index in [1.54, 1.807) is 6.92 Å². The molecule has 7 heteroatoms. The van der Waals surface area contributed by atoms with Crippen molar-refractivity contribution in [1.29, 1.82) is 0 Å². The first-order valence-corrected chi connectivity index (χ1v) is 10.1. The Morgan fingerprint density at radius 1 is 1.23 bits per heavy atom. The molecule has 6 nitrogen and oxygen atoms in total. The van der Waals surface area contributed by atoms with E-state index in [4.69, 9.17) is 0 Å². The zero-order valence-electron chi connectivity index (χ0n) is 13.4. The van der Waals surface area contributed by atoms with Gasteiger partial charge in [-0.05, 0) is 32.2 Å². The molecule has 0 bridgehead atoms. The SMILES string of the molecule is CCS(=O)(=O)N1CCN(C(=O)[C@@]23CCCC[C@H]2CNC3)CC1. The van der Waals surface area contributed by atoms with E-state index in [0.717, 1.165) is 32.4 Å². The first-order valence-electron chi connectivity index (χ1n) is 8.47. The molecule has 2 heterocycles. The Morgan fingerprint density at radius 3 is 2.64 bits per heavy atom. The summed E-state index contributed by atoms with van der Waals surface area (Å²) in [5, 5.41) is 3.41. The minimum atomic E-state index is -3.13. The van der Waals surface area contributed by atoms with Crippen LogP contribution in [-0.2, 0) is 14.8 Å². The molecule has 0 aromatic carbocycles. The van der Waals surface area contributed by atoms with Crippen molar-refractivity contribution < 1.29 is 13.2 Å². The predicted molar refractivity (Wildman–Crippen MR) is 84.9 cm³/mol. The minimum absolute atomic E-state index is 0.136. The van der Waals surface area contributed by atoms with Gasteiger partial charge < -0.3 is 10.2 Å². The lowest BCUT2D eigenvalue weighted by atomic mass is 9.67. The number of nitrogens with zero attached hydrogens (tertiary/aromatic N) is 2. The molecule has 0 radical (unpaired) electrons. The van der Waals surface area contributed by atoms with Gasteiger partial charge in [0.1, 0.15) is 0 Å². The molecule has 0 spiro atoms. The fourth-order valence-corrected chi connectivity index (χ4v) is 5.42. The number of rotatable bonds is 3. The molecule has 3 rings (SSSR count). The Balaban J connectivity index is 1.67. The number of carbonyl (C=O) groups is 1. The van der Waals surface area contributed by atoms with Crippen molar-refractivity contribution in [2.24, 2.45) is 11.3 Å². The van der Waals surface area contributed by atoms with Crippen LogP contribution in [0.1, 0.15) is 32.6 Å². The van der Waals surface area contributed by atoms with Gasteiger partial charge in [-0.3, -0.25) is 4.79 Å². The summed E-state index contributed by atoms with van der Waals surface area (Å²) in [4.78, 5) is 15.0. The maximum Gasteiger partial charge on any atom is 0.230 e. The third-order valence-corrected chi connectivity index (χ3v) is 7.63. The van der Waals surface area contributed by atoms with Gasteiger partial charge in [-0.15, -0.1) is 0 Å². The van der Waals surface area contributed by atoms with Crippen molar-refractivity contribution in [2.75, 3.05) is 45.0 Å². The highest BCUT2D eigenvalue weighted by atomic mass is 32.2. The molecular weight excluding hydrogens is 302 g/mol. The summed E-state index contributed by atoms with van der Waals surface area (Å²) in [5.74, 6) is 0.860. The quantitative estimate of drug-likeness (QED) is 0.806. The lowest BCUT2D eigenvalue weighted by Crippen LogP contribution is -2.56. The number of nitrogens with one attached hydrogen (secondary N) is 1. The van der Waals surface area contributed by atoms with Gasteiger partial charge >= 0.3 is 0 Å². The molecule has 126 valence electrons. The summed E-state index contributed by atoms with van der Waals surface area (Å²) in [6.45, 7) is 5.37. The van der Waals surface area contributed by atoms with E-state index >= 15 is 0 Å². The summed E-state index contributed by atoms with van der Waals surface area (Å²) in [5.41, 5.74) is -0.218. The third-order valence-electron chi connectivity index (χ3n) is 5.75. The van der Waals surface area contributed by atoms with Crippen molar-refractivity contribution >= 4 is 15.9 Å². The average molecular weight is 329 g/mol. The molecule has 3 aliphatic rings. The highest BCUT2D eigenvalue weighted by molar-refractivity contribution is 7.89. The highest BCUT2D eigenvalue weighted by Crippen LogP contribution is 2.45. The van der Waals surface area contributed by atoms with Crippen molar-refractivity contribution in [3.05, 3.63) is 0 Å². The van der Waals surface area contributed by atoms with Crippen molar-refractivity contribution in [3.8, 4) is 0 Å². The lowest BCUT2D eigenvalue weighted by Gasteiger charge is -2.43. The molecule has 2 atom stereocenters. The van der Waals surface area contributed by atoms with E-state index in [9.17, 15) is 13.2 Å². The molecule has 3 fully saturated rings. The van der Waals surface area contributed by atoms with Crippen molar-refractivity contribution in [1.82, 2.24) is 14.5 Å². The molecule has 2 aliphatic heterocycles. The molecule has 0 aromatic heterocycles. The molecular formula is C15H27N3O3S. The summed E-state index contributed by atoms with van der Waals surface area (Å²) in [6.07, 6.45) is 4.48. The van der Waals surface area contributed by atoms with Gasteiger partial charge in [0, 0.05) is 32.7 Å². The van der Waals surface area contributed by atoms with Crippen molar-refractivity contribution in [2.45, 2.75) is 32.6 Å². The molecule has 1 aliphatic carbocycles. The summed E-state index contributed by atoms with van der Waals surface area (Å²) >= 11 is 0. The first kappa shape index (κ1) is 16.2. The number of piperazine rings is 1. The Morgan fingerprint density at radius 2 is 1.95 bits per heavy atom. The Kier molecular flexibility index (Phi) is 4.49. The number of amides is 1. The fraction of sp³-hybridized carbons (Fsp3) is 0.933. The maximum atomic E-state index is 13.1. The van der Waals surface area contributed by atoms with Gasteiger partial charge in [-0.1, -0.05) is 12.8 Å². The first-order chi connectivity index (χ1) is 10.5. The standard InChI is InChI=1S/C15H27N3O3S/c1-2-22(20,21)18-9-7-17(8-10-18)14(19)15-6-4-3-5-13(15)11-16-12-15/h13,16H,2-12H2,1H3/t13-,15+/m0/s1. The second-order valence-electron chi connectivity index (χ2n) is 6.82. The van der Waals surface area contributed by atoms with E-state index in [1.165, 1.54) is 10.7 Å². The lowest BCUT2D eigenvalue weighted by molar-refractivity contribution is -0.146. The Hall–Kier alpha value is -0.660. The van der Waals surface area contributed by atoms with Crippen LogP contribution in [0.4, 0.5) is 0 Å². The molecule has 1 amide bonds. The third kappa shape index (κ3) is 2.67. The van der Waals surface area contributed by atoms with Crippen LogP contribution in [0.25, 0.3) is 0 Å². The van der Waals surface area contributed by atoms with Gasteiger partial charge in [-0.2, -0.15) is 4.31 Å². The second kappa shape index (κ2) is 6.09. The molecule has 0 aromatic rings.